The van der Waals surface area contributed by atoms with Gasteiger partial charge in [-0.3, -0.25) is 0 Å². The molecule has 0 radical (unpaired) electrons. The molecule has 4 heteroatoms. The van der Waals surface area contributed by atoms with Crippen molar-refractivity contribution in [3.63, 3.8) is 0 Å². The zero-order valence-corrected chi connectivity index (χ0v) is 11.7. The number of benzene rings is 1. The van der Waals surface area contributed by atoms with E-state index in [1.807, 2.05) is 13.0 Å². The number of aryl methyl sites for hydroxylation is 2. The lowest BCUT2D eigenvalue weighted by molar-refractivity contribution is 0.0698. The van der Waals surface area contributed by atoms with Gasteiger partial charge in [0.05, 0.1) is 16.6 Å². The van der Waals surface area contributed by atoms with E-state index in [-0.39, 0.29) is 0 Å². The number of aromatic carboxylic acids is 1. The highest BCUT2D eigenvalue weighted by Gasteiger charge is 2.16. The third-order valence-corrected chi connectivity index (χ3v) is 3.32. The van der Waals surface area contributed by atoms with Gasteiger partial charge in [-0.1, -0.05) is 26.8 Å². The predicted molar refractivity (Wildman–Crippen MR) is 75.5 cm³/mol. The van der Waals surface area contributed by atoms with Crippen LogP contribution < -0.4 is 0 Å². The smallest absolute Gasteiger partial charge is 0.337 e. The van der Waals surface area contributed by atoms with E-state index < -0.39 is 5.97 Å². The average molecular weight is 260 g/mol. The quantitative estimate of drug-likeness (QED) is 0.897. The Hall–Kier alpha value is -1.84. The summed E-state index contributed by atoms with van der Waals surface area (Å²) in [5.74, 6) is 0.655. The van der Waals surface area contributed by atoms with Crippen LogP contribution in [-0.2, 0) is 13.0 Å². The third kappa shape index (κ3) is 2.62. The van der Waals surface area contributed by atoms with Crippen LogP contribution >= 0.6 is 0 Å². The average Bonchev–Trinajstić information content (AvgIpc) is 2.73. The van der Waals surface area contributed by atoms with Gasteiger partial charge in [-0.05, 0) is 24.5 Å². The molecule has 4 nitrogen and oxygen atoms in total. The van der Waals surface area contributed by atoms with Crippen LogP contribution in [0.4, 0.5) is 0 Å². The number of carboxylic acid groups (broad SMARTS) is 1. The lowest BCUT2D eigenvalue weighted by atomic mass is 10.1. The van der Waals surface area contributed by atoms with Crippen molar-refractivity contribution in [1.29, 1.82) is 0 Å². The number of carboxylic acids is 1. The molecule has 1 aromatic heterocycles. The summed E-state index contributed by atoms with van der Waals surface area (Å²) in [6.07, 6.45) is 1.83. The number of carbonyl (C=O) groups is 1. The SMILES string of the molecule is CCc1nc2cccc(C(=O)O)c2n1CCC(C)C. The predicted octanol–water partition coefficient (Wildman–Crippen LogP) is 3.34. The standard InChI is InChI=1S/C15H20N2O2/c1-4-13-16-12-7-5-6-11(15(18)19)14(12)17(13)9-8-10(2)3/h5-7,10H,4,8-9H2,1-3H3,(H,18,19). The minimum Gasteiger partial charge on any atom is -0.478 e. The summed E-state index contributed by atoms with van der Waals surface area (Å²) in [6.45, 7) is 7.21. The Morgan fingerprint density at radius 2 is 2.16 bits per heavy atom. The Morgan fingerprint density at radius 1 is 1.42 bits per heavy atom. The Bertz CT molecular complexity index is 599. The van der Waals surface area contributed by atoms with Gasteiger partial charge >= 0.3 is 5.97 Å². The molecule has 1 aromatic carbocycles. The van der Waals surface area contributed by atoms with Gasteiger partial charge in [0, 0.05) is 13.0 Å². The van der Waals surface area contributed by atoms with E-state index in [4.69, 9.17) is 0 Å². The van der Waals surface area contributed by atoms with E-state index in [1.165, 1.54) is 0 Å². The van der Waals surface area contributed by atoms with E-state index in [0.29, 0.717) is 11.5 Å². The third-order valence-electron chi connectivity index (χ3n) is 3.32. The van der Waals surface area contributed by atoms with Crippen LogP contribution in [0.2, 0.25) is 0 Å². The first-order valence-corrected chi connectivity index (χ1v) is 6.76. The molecule has 2 rings (SSSR count). The molecule has 0 spiro atoms. The molecule has 1 heterocycles. The van der Waals surface area contributed by atoms with Crippen molar-refractivity contribution in [1.82, 2.24) is 9.55 Å². The van der Waals surface area contributed by atoms with Crippen molar-refractivity contribution in [2.45, 2.75) is 40.2 Å². The van der Waals surface area contributed by atoms with E-state index in [0.717, 1.165) is 36.2 Å². The molecule has 2 aromatic rings. The number of imidazole rings is 1. The van der Waals surface area contributed by atoms with Gasteiger partial charge in [-0.25, -0.2) is 9.78 Å². The summed E-state index contributed by atoms with van der Waals surface area (Å²) in [5, 5.41) is 9.33. The maximum absolute atomic E-state index is 11.4. The zero-order valence-electron chi connectivity index (χ0n) is 11.7. The molecule has 0 aliphatic heterocycles. The topological polar surface area (TPSA) is 55.1 Å². The summed E-state index contributed by atoms with van der Waals surface area (Å²) < 4.78 is 2.07. The van der Waals surface area contributed by atoms with Crippen molar-refractivity contribution < 1.29 is 9.90 Å². The van der Waals surface area contributed by atoms with Crippen LogP contribution in [0, 0.1) is 5.92 Å². The Labute approximate surface area is 113 Å². The first kappa shape index (κ1) is 13.6. The van der Waals surface area contributed by atoms with E-state index in [1.54, 1.807) is 12.1 Å². The number of para-hydroxylation sites is 1. The second kappa shape index (κ2) is 5.43. The summed E-state index contributed by atoms with van der Waals surface area (Å²) in [4.78, 5) is 15.9. The summed E-state index contributed by atoms with van der Waals surface area (Å²) in [5.41, 5.74) is 1.88. The molecule has 0 saturated carbocycles. The summed E-state index contributed by atoms with van der Waals surface area (Å²) >= 11 is 0. The van der Waals surface area contributed by atoms with Crippen LogP contribution in [0.25, 0.3) is 11.0 Å². The number of hydrogen-bond acceptors (Lipinski definition) is 2. The molecule has 0 aliphatic rings. The van der Waals surface area contributed by atoms with Gasteiger partial charge in [0.15, 0.2) is 0 Å². The van der Waals surface area contributed by atoms with Gasteiger partial charge in [0.2, 0.25) is 0 Å². The fourth-order valence-corrected chi connectivity index (χ4v) is 2.30. The number of rotatable bonds is 5. The number of hydrogen-bond donors (Lipinski definition) is 1. The minimum absolute atomic E-state index is 0.341. The molecule has 0 bridgehead atoms. The molecule has 0 saturated heterocycles. The highest BCUT2D eigenvalue weighted by molar-refractivity contribution is 6.01. The highest BCUT2D eigenvalue weighted by Crippen LogP contribution is 2.22. The van der Waals surface area contributed by atoms with Crippen LogP contribution in [0.1, 0.15) is 43.4 Å². The molecule has 0 atom stereocenters. The van der Waals surface area contributed by atoms with Gasteiger partial charge in [0.25, 0.3) is 0 Å². The first-order chi connectivity index (χ1) is 9.04. The first-order valence-electron chi connectivity index (χ1n) is 6.76. The van der Waals surface area contributed by atoms with Gasteiger partial charge in [-0.15, -0.1) is 0 Å². The van der Waals surface area contributed by atoms with Gasteiger partial charge < -0.3 is 9.67 Å². The van der Waals surface area contributed by atoms with Crippen LogP contribution in [0.5, 0.6) is 0 Å². The number of fused-ring (bicyclic) bond motifs is 1. The molecule has 0 aliphatic carbocycles. The van der Waals surface area contributed by atoms with Crippen molar-refractivity contribution in [2.75, 3.05) is 0 Å². The Kier molecular flexibility index (Phi) is 3.88. The zero-order chi connectivity index (χ0) is 14.0. The van der Waals surface area contributed by atoms with E-state index in [2.05, 4.69) is 23.4 Å². The maximum atomic E-state index is 11.4. The Morgan fingerprint density at radius 3 is 2.74 bits per heavy atom. The summed E-state index contributed by atoms with van der Waals surface area (Å²) in [7, 11) is 0. The number of aromatic nitrogens is 2. The van der Waals surface area contributed by atoms with Crippen molar-refractivity contribution in [3.8, 4) is 0 Å². The second-order valence-electron chi connectivity index (χ2n) is 5.19. The molecule has 102 valence electrons. The minimum atomic E-state index is -0.890. The monoisotopic (exact) mass is 260 g/mol. The van der Waals surface area contributed by atoms with Crippen molar-refractivity contribution >= 4 is 17.0 Å². The Balaban J connectivity index is 2.60. The van der Waals surface area contributed by atoms with Crippen LogP contribution in [-0.4, -0.2) is 20.6 Å². The van der Waals surface area contributed by atoms with Crippen LogP contribution in [0.3, 0.4) is 0 Å². The fourth-order valence-electron chi connectivity index (χ4n) is 2.30. The molecule has 0 unspecified atom stereocenters. The van der Waals surface area contributed by atoms with Crippen molar-refractivity contribution in [3.05, 3.63) is 29.6 Å². The maximum Gasteiger partial charge on any atom is 0.337 e. The van der Waals surface area contributed by atoms with E-state index >= 15 is 0 Å². The lowest BCUT2D eigenvalue weighted by Gasteiger charge is -2.11. The lowest BCUT2D eigenvalue weighted by Crippen LogP contribution is -2.08. The van der Waals surface area contributed by atoms with Gasteiger partial charge in [-0.2, -0.15) is 0 Å². The van der Waals surface area contributed by atoms with Gasteiger partial charge in [0.1, 0.15) is 5.82 Å². The van der Waals surface area contributed by atoms with E-state index in [9.17, 15) is 9.90 Å². The molecule has 19 heavy (non-hydrogen) atoms. The molecular formula is C15H20N2O2. The fraction of sp³-hybridized carbons (Fsp3) is 0.467. The molecule has 1 N–H and O–H groups in total. The molecular weight excluding hydrogens is 240 g/mol. The highest BCUT2D eigenvalue weighted by atomic mass is 16.4. The largest absolute Gasteiger partial charge is 0.478 e. The number of nitrogens with zero attached hydrogens (tertiary/aromatic N) is 2. The summed E-state index contributed by atoms with van der Waals surface area (Å²) in [6, 6.07) is 5.29. The normalized spacial score (nSPS) is 11.4. The van der Waals surface area contributed by atoms with Crippen LogP contribution in [0.15, 0.2) is 18.2 Å². The van der Waals surface area contributed by atoms with Crippen molar-refractivity contribution in [2.24, 2.45) is 5.92 Å². The molecule has 0 amide bonds. The molecule has 0 fully saturated rings. The second-order valence-corrected chi connectivity index (χ2v) is 5.19.